The Kier molecular flexibility index (Phi) is 12.7. The molecule has 0 spiro atoms. The van der Waals surface area contributed by atoms with Crippen molar-refractivity contribution in [1.82, 2.24) is 4.98 Å². The number of rotatable bonds is 10. The van der Waals surface area contributed by atoms with Gasteiger partial charge in [-0.1, -0.05) is 26.8 Å². The molecule has 4 rings (SSSR count). The Morgan fingerprint density at radius 1 is 1.02 bits per heavy atom. The molecule has 1 aliphatic heterocycles. The average molecular weight is 585 g/mol. The van der Waals surface area contributed by atoms with Gasteiger partial charge < -0.3 is 24.6 Å². The predicted molar refractivity (Wildman–Crippen MR) is 172 cm³/mol. The lowest BCUT2D eigenvalue weighted by atomic mass is 10.2. The normalized spacial score (nSPS) is 14.1. The fourth-order valence-electron chi connectivity index (χ4n) is 3.96. The number of pyridine rings is 1. The first-order valence-electron chi connectivity index (χ1n) is 14.0. The van der Waals surface area contributed by atoms with Crippen molar-refractivity contribution in [2.45, 2.75) is 38.5 Å². The summed E-state index contributed by atoms with van der Waals surface area (Å²) in [7, 11) is 0. The third kappa shape index (κ3) is 10.9. The van der Waals surface area contributed by atoms with Crippen LogP contribution in [0.2, 0.25) is 0 Å². The van der Waals surface area contributed by atoms with Crippen LogP contribution in [-0.2, 0) is 4.74 Å². The molecule has 0 aliphatic carbocycles. The lowest BCUT2D eigenvalue weighted by Crippen LogP contribution is -2.46. The Labute approximate surface area is 249 Å². The zero-order chi connectivity index (χ0) is 29.7. The van der Waals surface area contributed by atoms with Crippen LogP contribution in [0.5, 0.6) is 5.75 Å². The molecule has 3 aromatic rings. The van der Waals surface area contributed by atoms with E-state index in [1.54, 1.807) is 24.3 Å². The lowest BCUT2D eigenvalue weighted by Gasteiger charge is -2.36. The predicted octanol–water partition coefficient (Wildman–Crippen LogP) is 6.81. The number of ether oxygens (including phenoxy) is 2. The second-order valence-corrected chi connectivity index (χ2v) is 12.2. The molecule has 41 heavy (non-hydrogen) atoms. The number of carbonyl (C=O) groups excluding carboxylic acids is 1. The maximum absolute atomic E-state index is 12.9. The highest BCUT2D eigenvalue weighted by atomic mass is 32.2. The number of anilines is 3. The van der Waals surface area contributed by atoms with Crippen molar-refractivity contribution < 1.29 is 20.1 Å². The van der Waals surface area contributed by atoms with Crippen molar-refractivity contribution in [3.05, 3.63) is 78.5 Å². The first-order valence-corrected chi connectivity index (χ1v) is 15.2. The number of alkyl halides is 1. The molecule has 1 fully saturated rings. The minimum Gasteiger partial charge on any atom is -0.491 e. The Morgan fingerprint density at radius 2 is 1.66 bits per heavy atom. The monoisotopic (exact) mass is 584 g/mol. The number of hydrogen-bond donors (Lipinski definition) is 1. The van der Waals surface area contributed by atoms with E-state index in [1.165, 1.54) is 0 Å². The average Bonchev–Trinajstić information content (AvgIpc) is 3.00. The third-order valence-corrected chi connectivity index (χ3v) is 7.71. The fraction of sp³-hybridized carbons (Fsp3) is 0.438. The highest BCUT2D eigenvalue weighted by molar-refractivity contribution is 7.99. The summed E-state index contributed by atoms with van der Waals surface area (Å²) < 4.78 is 24.1. The van der Waals surface area contributed by atoms with Gasteiger partial charge in [0.25, 0.3) is 5.91 Å². The highest BCUT2D eigenvalue weighted by Crippen LogP contribution is 2.22. The van der Waals surface area contributed by atoms with Crippen LogP contribution in [0, 0.1) is 0 Å². The second kappa shape index (κ2) is 16.2. The molecule has 1 atom stereocenters. The van der Waals surface area contributed by atoms with Gasteiger partial charge in [0.2, 0.25) is 0 Å². The van der Waals surface area contributed by atoms with E-state index in [1.807, 2.05) is 67.3 Å². The summed E-state index contributed by atoms with van der Waals surface area (Å²) in [5.41, 5.74) is 2.37. The summed E-state index contributed by atoms with van der Waals surface area (Å²) in [6.45, 7) is 12.0. The van der Waals surface area contributed by atoms with Crippen molar-refractivity contribution in [3.8, 4) is 5.75 Å². The first kappa shape index (κ1) is 32.2. The van der Waals surface area contributed by atoms with E-state index in [0.717, 1.165) is 43.4 Å². The number of nitrogens with one attached hydrogen (secondary N) is 1. The Bertz CT molecular complexity index is 1170. The summed E-state index contributed by atoms with van der Waals surface area (Å²) in [6.07, 6.45) is 3.36. The minimum atomic E-state index is -0.603. The van der Waals surface area contributed by atoms with Gasteiger partial charge in [0.15, 0.2) is 0 Å². The number of thioether (sulfide) groups is 1. The van der Waals surface area contributed by atoms with Crippen molar-refractivity contribution in [2.24, 2.45) is 0 Å². The molecule has 0 radical (unpaired) electrons. The molecular weight excluding hydrogens is 539 g/mol. The molecule has 1 saturated heterocycles. The molecular formula is C32H45FN4O3S. The van der Waals surface area contributed by atoms with Gasteiger partial charge in [-0.3, -0.25) is 4.79 Å². The summed E-state index contributed by atoms with van der Waals surface area (Å²) in [4.78, 5) is 21.7. The van der Waals surface area contributed by atoms with E-state index < -0.39 is 12.8 Å². The van der Waals surface area contributed by atoms with Crippen LogP contribution in [0.25, 0.3) is 0 Å². The van der Waals surface area contributed by atoms with Crippen LogP contribution >= 0.6 is 11.8 Å². The smallest absolute Gasteiger partial charge is 0.255 e. The summed E-state index contributed by atoms with van der Waals surface area (Å²) in [6, 6.07) is 20.6. The van der Waals surface area contributed by atoms with Crippen LogP contribution in [0.3, 0.4) is 0 Å². The maximum atomic E-state index is 12.9. The fourth-order valence-corrected chi connectivity index (χ4v) is 3.96. The number of halogens is 1. The van der Waals surface area contributed by atoms with Crippen LogP contribution in [-0.4, -0.2) is 74.1 Å². The van der Waals surface area contributed by atoms with Crippen molar-refractivity contribution in [2.75, 3.05) is 67.4 Å². The summed E-state index contributed by atoms with van der Waals surface area (Å²) in [5, 5.41) is 2.93. The molecule has 0 saturated carbocycles. The van der Waals surface area contributed by atoms with Gasteiger partial charge in [-0.2, -0.15) is 11.8 Å². The number of nitrogens with zero attached hydrogens (tertiary/aromatic N) is 3. The van der Waals surface area contributed by atoms with Crippen LogP contribution < -0.4 is 19.9 Å². The number of piperazine rings is 1. The largest absolute Gasteiger partial charge is 0.491 e. The Hall–Kier alpha value is -3.30. The van der Waals surface area contributed by atoms with Gasteiger partial charge in [-0.25, -0.2) is 9.37 Å². The van der Waals surface area contributed by atoms with Gasteiger partial charge >= 0.3 is 0 Å². The van der Waals surface area contributed by atoms with Gasteiger partial charge in [0.1, 0.15) is 31.0 Å². The van der Waals surface area contributed by atoms with E-state index in [9.17, 15) is 9.18 Å². The molecule has 1 N–H and O–H groups in total. The molecule has 224 valence electrons. The van der Waals surface area contributed by atoms with E-state index in [4.69, 9.17) is 9.47 Å². The van der Waals surface area contributed by atoms with Crippen LogP contribution in [0.4, 0.5) is 21.6 Å². The zero-order valence-electron chi connectivity index (χ0n) is 24.8. The summed E-state index contributed by atoms with van der Waals surface area (Å²) in [5.74, 6) is 1.37. The van der Waals surface area contributed by atoms with Crippen molar-refractivity contribution in [3.63, 3.8) is 0 Å². The first-order chi connectivity index (χ1) is 19.7. The number of carbonyl (C=O) groups is 1. The van der Waals surface area contributed by atoms with E-state index >= 15 is 0 Å². The van der Waals surface area contributed by atoms with Gasteiger partial charge in [-0.15, -0.1) is 0 Å². The standard InChI is InChI=1S/C27H31FN4O3.C5H12S.H2/c1-2-34-25(19-28)20-35-24-12-6-21(7-13-24)27(33)30-22-8-10-23(11-9-22)31-15-17-32(18-16-31)26-5-3-4-14-29-26;1-5(2,3)6-4;/h3-14,25H,2,15-20H2,1H3,(H,30,33);1-4H3;1H. The molecule has 2 aromatic carbocycles. The molecule has 1 amide bonds. The number of aromatic nitrogens is 1. The lowest BCUT2D eigenvalue weighted by molar-refractivity contribution is 0.0125. The SMILES string of the molecule is CCOC(CF)COc1ccc(C(=O)Nc2ccc(N3CCN(c4ccccn4)CC3)cc2)cc1.CSC(C)(C)C.[HH]. The third-order valence-electron chi connectivity index (χ3n) is 6.48. The number of amides is 1. The Balaban J connectivity index is 0.000000798. The molecule has 2 heterocycles. The molecule has 7 nitrogen and oxygen atoms in total. The molecule has 1 aliphatic rings. The molecule has 1 aromatic heterocycles. The molecule has 0 bridgehead atoms. The van der Waals surface area contributed by atoms with Gasteiger partial charge in [0, 0.05) is 62.1 Å². The molecule has 1 unspecified atom stereocenters. The number of benzene rings is 2. The molecule has 9 heteroatoms. The van der Waals surface area contributed by atoms with E-state index in [2.05, 4.69) is 47.1 Å². The van der Waals surface area contributed by atoms with Crippen LogP contribution in [0.15, 0.2) is 72.9 Å². The Morgan fingerprint density at radius 3 is 2.20 bits per heavy atom. The maximum Gasteiger partial charge on any atom is 0.255 e. The van der Waals surface area contributed by atoms with Crippen molar-refractivity contribution in [1.29, 1.82) is 0 Å². The summed E-state index contributed by atoms with van der Waals surface area (Å²) >= 11 is 1.88. The zero-order valence-corrected chi connectivity index (χ0v) is 25.6. The van der Waals surface area contributed by atoms with Crippen molar-refractivity contribution >= 4 is 34.9 Å². The quantitative estimate of drug-likeness (QED) is 0.281. The second-order valence-electron chi connectivity index (χ2n) is 10.5. The van der Waals surface area contributed by atoms with E-state index in [0.29, 0.717) is 22.7 Å². The minimum absolute atomic E-state index is 0. The highest BCUT2D eigenvalue weighted by Gasteiger charge is 2.18. The van der Waals surface area contributed by atoms with E-state index in [-0.39, 0.29) is 13.9 Å². The van der Waals surface area contributed by atoms with Gasteiger partial charge in [-0.05, 0) is 73.8 Å². The van der Waals surface area contributed by atoms with Crippen LogP contribution in [0.1, 0.15) is 39.5 Å². The number of hydrogen-bond acceptors (Lipinski definition) is 7. The topological polar surface area (TPSA) is 66.9 Å². The van der Waals surface area contributed by atoms with Gasteiger partial charge in [0.05, 0.1) is 0 Å².